The third kappa shape index (κ3) is 5.53. The molecule has 0 bridgehead atoms. The fourth-order valence-corrected chi connectivity index (χ4v) is 3.64. The van der Waals surface area contributed by atoms with E-state index in [1.165, 1.54) is 18.5 Å². The van der Waals surface area contributed by atoms with Crippen LogP contribution in [0.4, 0.5) is 5.69 Å². The van der Waals surface area contributed by atoms with E-state index in [1.807, 2.05) is 27.7 Å². The van der Waals surface area contributed by atoms with Gasteiger partial charge in [0.15, 0.2) is 11.8 Å². The summed E-state index contributed by atoms with van der Waals surface area (Å²) in [6, 6.07) is 3.91. The van der Waals surface area contributed by atoms with E-state index in [4.69, 9.17) is 4.74 Å². The van der Waals surface area contributed by atoms with Crippen LogP contribution in [0, 0.1) is 10.1 Å². The van der Waals surface area contributed by atoms with E-state index in [-0.39, 0.29) is 29.2 Å². The van der Waals surface area contributed by atoms with Crippen molar-refractivity contribution in [3.05, 3.63) is 40.2 Å². The van der Waals surface area contributed by atoms with Crippen molar-refractivity contribution >= 4 is 29.3 Å². The minimum atomic E-state index is -0.802. The highest BCUT2D eigenvalue weighted by Gasteiger charge is 2.24. The van der Waals surface area contributed by atoms with E-state index in [9.17, 15) is 19.7 Å². The number of nitrogens with zero attached hydrogens (tertiary/aromatic N) is 5. The quantitative estimate of drug-likeness (QED) is 0.362. The number of aromatic nitrogens is 3. The molecule has 0 aliphatic carbocycles. The van der Waals surface area contributed by atoms with Gasteiger partial charge in [0.1, 0.15) is 6.33 Å². The normalized spacial score (nSPS) is 11.0. The van der Waals surface area contributed by atoms with E-state index >= 15 is 0 Å². The lowest BCUT2D eigenvalue weighted by atomic mass is 10.2. The van der Waals surface area contributed by atoms with Gasteiger partial charge in [0.2, 0.25) is 0 Å². The summed E-state index contributed by atoms with van der Waals surface area (Å²) in [6.07, 6.45) is 1.48. The predicted molar refractivity (Wildman–Crippen MR) is 106 cm³/mol. The smallest absolute Gasteiger partial charge is 0.338 e. The van der Waals surface area contributed by atoms with Gasteiger partial charge in [-0.3, -0.25) is 14.9 Å². The van der Waals surface area contributed by atoms with Crippen LogP contribution >= 0.6 is 11.8 Å². The van der Waals surface area contributed by atoms with Crippen LogP contribution in [-0.4, -0.2) is 55.2 Å². The van der Waals surface area contributed by atoms with E-state index in [2.05, 4.69) is 10.2 Å². The van der Waals surface area contributed by atoms with Crippen LogP contribution < -0.4 is 0 Å². The lowest BCUT2D eigenvalue weighted by Crippen LogP contribution is -2.44. The first-order chi connectivity index (χ1) is 13.6. The monoisotopic (exact) mass is 421 g/mol. The van der Waals surface area contributed by atoms with Gasteiger partial charge in [-0.05, 0) is 51.6 Å². The standard InChI is InChI=1S/C18H23N5O5S/c1-11(2)22(12(3)4)16(24)9-28-17(25)13-6-7-15(14(8-13)23(26)27)29-18-20-19-10-21(18)5/h6-8,10-12H,9H2,1-5H3. The number of carbonyl (C=O) groups excluding carboxylic acids is 2. The molecule has 0 saturated heterocycles. The van der Waals surface area contributed by atoms with Crippen molar-refractivity contribution in [2.75, 3.05) is 6.61 Å². The molecule has 0 atom stereocenters. The molecule has 0 aliphatic heterocycles. The zero-order chi connectivity index (χ0) is 21.7. The van der Waals surface area contributed by atoms with Crippen LogP contribution in [0.1, 0.15) is 38.1 Å². The summed E-state index contributed by atoms with van der Waals surface area (Å²) >= 11 is 1.06. The number of nitro groups is 1. The minimum Gasteiger partial charge on any atom is -0.452 e. The van der Waals surface area contributed by atoms with Crippen LogP contribution in [0.2, 0.25) is 0 Å². The molecule has 0 N–H and O–H groups in total. The molecular weight excluding hydrogens is 398 g/mol. The first-order valence-corrected chi connectivity index (χ1v) is 9.72. The molecule has 0 fully saturated rings. The molecule has 0 spiro atoms. The van der Waals surface area contributed by atoms with Crippen molar-refractivity contribution in [2.24, 2.45) is 7.05 Å². The molecule has 1 amide bonds. The Bertz CT molecular complexity index is 904. The molecule has 10 nitrogen and oxygen atoms in total. The second-order valence-electron chi connectivity index (χ2n) is 6.83. The number of rotatable bonds is 8. The van der Waals surface area contributed by atoms with Gasteiger partial charge in [-0.1, -0.05) is 0 Å². The Kier molecular flexibility index (Phi) is 7.32. The molecule has 2 rings (SSSR count). The highest BCUT2D eigenvalue weighted by atomic mass is 32.2. The molecule has 2 aromatic rings. The average Bonchev–Trinajstić information content (AvgIpc) is 3.03. The van der Waals surface area contributed by atoms with Crippen LogP contribution in [0.25, 0.3) is 0 Å². The third-order valence-electron chi connectivity index (χ3n) is 3.99. The molecule has 0 radical (unpaired) electrons. The predicted octanol–water partition coefficient (Wildman–Crippen LogP) is 2.68. The van der Waals surface area contributed by atoms with Crippen molar-refractivity contribution in [1.82, 2.24) is 19.7 Å². The second-order valence-corrected chi connectivity index (χ2v) is 7.84. The van der Waals surface area contributed by atoms with Gasteiger partial charge in [0, 0.05) is 25.2 Å². The molecule has 156 valence electrons. The average molecular weight is 421 g/mol. The summed E-state index contributed by atoms with van der Waals surface area (Å²) in [5.41, 5.74) is -0.266. The lowest BCUT2D eigenvalue weighted by Gasteiger charge is -2.30. The molecule has 1 heterocycles. The van der Waals surface area contributed by atoms with Crippen LogP contribution in [0.5, 0.6) is 0 Å². The fourth-order valence-electron chi connectivity index (χ4n) is 2.79. The summed E-state index contributed by atoms with van der Waals surface area (Å²) in [5.74, 6) is -1.13. The highest BCUT2D eigenvalue weighted by molar-refractivity contribution is 7.99. The van der Waals surface area contributed by atoms with E-state index in [1.54, 1.807) is 16.5 Å². The highest BCUT2D eigenvalue weighted by Crippen LogP contribution is 2.34. The molecule has 29 heavy (non-hydrogen) atoms. The van der Waals surface area contributed by atoms with Gasteiger partial charge in [-0.25, -0.2) is 4.79 Å². The van der Waals surface area contributed by atoms with Crippen molar-refractivity contribution in [2.45, 2.75) is 49.8 Å². The number of hydrogen-bond acceptors (Lipinski definition) is 8. The van der Waals surface area contributed by atoms with E-state index < -0.39 is 17.5 Å². The second kappa shape index (κ2) is 9.50. The summed E-state index contributed by atoms with van der Waals surface area (Å²) in [6.45, 7) is 7.05. The van der Waals surface area contributed by atoms with E-state index in [0.29, 0.717) is 10.1 Å². The Hall–Kier alpha value is -2.95. The van der Waals surface area contributed by atoms with E-state index in [0.717, 1.165) is 17.8 Å². The summed E-state index contributed by atoms with van der Waals surface area (Å²) in [4.78, 5) is 37.4. The number of benzene rings is 1. The van der Waals surface area contributed by atoms with Gasteiger partial charge >= 0.3 is 5.97 Å². The van der Waals surface area contributed by atoms with Gasteiger partial charge in [0.05, 0.1) is 15.4 Å². The first-order valence-electron chi connectivity index (χ1n) is 8.90. The first kappa shape index (κ1) is 22.3. The maximum absolute atomic E-state index is 12.3. The zero-order valence-electron chi connectivity index (χ0n) is 16.9. The van der Waals surface area contributed by atoms with Crippen molar-refractivity contribution in [1.29, 1.82) is 0 Å². The largest absolute Gasteiger partial charge is 0.452 e. The summed E-state index contributed by atoms with van der Waals surface area (Å²) in [7, 11) is 1.72. The maximum atomic E-state index is 12.3. The summed E-state index contributed by atoms with van der Waals surface area (Å²) < 4.78 is 6.71. The SMILES string of the molecule is CC(C)N(C(=O)COC(=O)c1ccc(Sc2nncn2C)c([N+](=O)[O-])c1)C(C)C. The van der Waals surface area contributed by atoms with Crippen molar-refractivity contribution < 1.29 is 19.2 Å². The number of nitro benzene ring substituents is 1. The zero-order valence-corrected chi connectivity index (χ0v) is 17.7. The maximum Gasteiger partial charge on any atom is 0.338 e. The Morgan fingerprint density at radius 3 is 2.45 bits per heavy atom. The van der Waals surface area contributed by atoms with Crippen molar-refractivity contribution in [3.8, 4) is 0 Å². The van der Waals surface area contributed by atoms with Crippen molar-refractivity contribution in [3.63, 3.8) is 0 Å². The van der Waals surface area contributed by atoms with Crippen LogP contribution in [-0.2, 0) is 16.6 Å². The molecule has 0 unspecified atom stereocenters. The fraction of sp³-hybridized carbons (Fsp3) is 0.444. The third-order valence-corrected chi connectivity index (χ3v) is 5.11. The van der Waals surface area contributed by atoms with Gasteiger partial charge in [0.25, 0.3) is 11.6 Å². The number of amides is 1. The molecule has 1 aromatic heterocycles. The molecule has 0 aliphatic rings. The van der Waals surface area contributed by atoms with Gasteiger partial charge in [-0.15, -0.1) is 10.2 Å². The Morgan fingerprint density at radius 1 is 1.28 bits per heavy atom. The number of carbonyl (C=O) groups is 2. The minimum absolute atomic E-state index is 0.00698. The number of aryl methyl sites for hydroxylation is 1. The summed E-state index contributed by atoms with van der Waals surface area (Å²) in [5, 5.41) is 19.5. The number of ether oxygens (including phenoxy) is 1. The number of esters is 1. The Morgan fingerprint density at radius 2 is 1.93 bits per heavy atom. The van der Waals surface area contributed by atoms with Gasteiger partial charge < -0.3 is 14.2 Å². The molecule has 0 saturated carbocycles. The van der Waals surface area contributed by atoms with Crippen LogP contribution in [0.15, 0.2) is 34.6 Å². The molecular formula is C18H23N5O5S. The number of hydrogen-bond donors (Lipinski definition) is 0. The molecule has 11 heteroatoms. The Labute approximate surface area is 172 Å². The van der Waals surface area contributed by atoms with Crippen LogP contribution in [0.3, 0.4) is 0 Å². The lowest BCUT2D eigenvalue weighted by molar-refractivity contribution is -0.387. The molecule has 1 aromatic carbocycles. The van der Waals surface area contributed by atoms with Gasteiger partial charge in [-0.2, -0.15) is 0 Å². The Balaban J connectivity index is 2.15. The topological polar surface area (TPSA) is 120 Å².